The third-order valence-electron chi connectivity index (χ3n) is 3.89. The van der Waals surface area contributed by atoms with Crippen molar-refractivity contribution in [2.45, 2.75) is 77.7 Å². The van der Waals surface area contributed by atoms with Gasteiger partial charge in [0.1, 0.15) is 6.10 Å². The minimum atomic E-state index is -0.0305. The standard InChI is InChI=1S/C16H28O2/c1-13-10-8-6-4-5-7-9-11-16(17)18-15(3)14(2)12-13/h14-15H,1,4-12H2,2-3H3/t14?,15-/m0/s1. The van der Waals surface area contributed by atoms with Crippen LogP contribution in [0.2, 0.25) is 0 Å². The van der Waals surface area contributed by atoms with Crippen molar-refractivity contribution in [1.29, 1.82) is 0 Å². The number of hydrogen-bond donors (Lipinski definition) is 0. The molecule has 0 aromatic rings. The molecule has 0 radical (unpaired) electrons. The van der Waals surface area contributed by atoms with E-state index in [0.717, 1.165) is 25.7 Å². The monoisotopic (exact) mass is 252 g/mol. The van der Waals surface area contributed by atoms with Crippen molar-refractivity contribution >= 4 is 5.97 Å². The minimum Gasteiger partial charge on any atom is -0.462 e. The van der Waals surface area contributed by atoms with Crippen LogP contribution in [0.3, 0.4) is 0 Å². The van der Waals surface area contributed by atoms with E-state index in [2.05, 4.69) is 13.5 Å². The molecular weight excluding hydrogens is 224 g/mol. The molecule has 0 aliphatic carbocycles. The number of hydrogen-bond acceptors (Lipinski definition) is 2. The summed E-state index contributed by atoms with van der Waals surface area (Å²) in [5.74, 6) is 0.349. The molecule has 2 heteroatoms. The molecule has 0 spiro atoms. The Morgan fingerprint density at radius 1 is 1.00 bits per heavy atom. The van der Waals surface area contributed by atoms with E-state index >= 15 is 0 Å². The molecule has 0 aromatic carbocycles. The largest absolute Gasteiger partial charge is 0.462 e. The summed E-state index contributed by atoms with van der Waals surface area (Å²) in [6.45, 7) is 8.30. The van der Waals surface area contributed by atoms with E-state index in [-0.39, 0.29) is 12.1 Å². The van der Waals surface area contributed by atoms with Crippen molar-refractivity contribution < 1.29 is 9.53 Å². The Bertz CT molecular complexity index is 242. The first-order valence-corrected chi connectivity index (χ1v) is 7.45. The van der Waals surface area contributed by atoms with E-state index < -0.39 is 0 Å². The minimum absolute atomic E-state index is 0.0113. The molecule has 1 heterocycles. The highest BCUT2D eigenvalue weighted by atomic mass is 16.5. The molecule has 104 valence electrons. The van der Waals surface area contributed by atoms with Crippen LogP contribution in [0.25, 0.3) is 0 Å². The van der Waals surface area contributed by atoms with E-state index in [9.17, 15) is 4.79 Å². The van der Waals surface area contributed by atoms with Gasteiger partial charge in [-0.1, -0.05) is 44.8 Å². The van der Waals surface area contributed by atoms with Crippen molar-refractivity contribution in [2.75, 3.05) is 0 Å². The summed E-state index contributed by atoms with van der Waals surface area (Å²) in [5.41, 5.74) is 1.31. The first-order chi connectivity index (χ1) is 8.59. The first kappa shape index (κ1) is 15.3. The molecule has 2 nitrogen and oxygen atoms in total. The molecular formula is C16H28O2. The zero-order chi connectivity index (χ0) is 13.4. The lowest BCUT2D eigenvalue weighted by molar-refractivity contribution is -0.150. The average molecular weight is 252 g/mol. The second kappa shape index (κ2) is 8.34. The maximum atomic E-state index is 11.6. The Hall–Kier alpha value is -0.790. The van der Waals surface area contributed by atoms with Crippen LogP contribution in [0, 0.1) is 5.92 Å². The number of carbonyl (C=O) groups excluding carboxylic acids is 1. The maximum absolute atomic E-state index is 11.6. The van der Waals surface area contributed by atoms with Gasteiger partial charge in [-0.25, -0.2) is 0 Å². The third kappa shape index (κ3) is 6.23. The normalized spacial score (nSPS) is 29.4. The van der Waals surface area contributed by atoms with Gasteiger partial charge >= 0.3 is 5.97 Å². The Balaban J connectivity index is 2.47. The second-order valence-electron chi connectivity index (χ2n) is 5.75. The number of ether oxygens (including phenoxy) is 1. The zero-order valence-electron chi connectivity index (χ0n) is 12.0. The van der Waals surface area contributed by atoms with Crippen LogP contribution in [-0.4, -0.2) is 12.1 Å². The van der Waals surface area contributed by atoms with Gasteiger partial charge in [0.15, 0.2) is 0 Å². The van der Waals surface area contributed by atoms with Crippen LogP contribution < -0.4 is 0 Å². The van der Waals surface area contributed by atoms with Crippen LogP contribution in [0.15, 0.2) is 12.2 Å². The molecule has 1 saturated heterocycles. The Kier molecular flexibility index (Phi) is 7.07. The molecule has 2 atom stereocenters. The van der Waals surface area contributed by atoms with E-state index in [1.165, 1.54) is 31.3 Å². The lowest BCUT2D eigenvalue weighted by atomic mass is 9.94. The Morgan fingerprint density at radius 3 is 2.22 bits per heavy atom. The predicted octanol–water partition coefficient (Wildman–Crippen LogP) is 4.63. The molecule has 1 aliphatic rings. The van der Waals surface area contributed by atoms with Gasteiger partial charge in [-0.3, -0.25) is 4.79 Å². The number of rotatable bonds is 0. The molecule has 1 rings (SSSR count). The zero-order valence-corrected chi connectivity index (χ0v) is 12.0. The number of allylic oxidation sites excluding steroid dienone is 1. The lowest BCUT2D eigenvalue weighted by Gasteiger charge is -2.21. The van der Waals surface area contributed by atoms with E-state index in [1.54, 1.807) is 0 Å². The van der Waals surface area contributed by atoms with Gasteiger partial charge in [0, 0.05) is 6.42 Å². The van der Waals surface area contributed by atoms with E-state index in [1.807, 2.05) is 6.92 Å². The van der Waals surface area contributed by atoms with Gasteiger partial charge in [-0.15, -0.1) is 0 Å². The van der Waals surface area contributed by atoms with Gasteiger partial charge < -0.3 is 4.74 Å². The summed E-state index contributed by atoms with van der Waals surface area (Å²) >= 11 is 0. The fraction of sp³-hybridized carbons (Fsp3) is 0.812. The summed E-state index contributed by atoms with van der Waals surface area (Å²) in [5, 5.41) is 0. The number of cyclic esters (lactones) is 1. The number of esters is 1. The fourth-order valence-corrected chi connectivity index (χ4v) is 2.46. The van der Waals surface area contributed by atoms with Gasteiger partial charge in [-0.05, 0) is 38.5 Å². The van der Waals surface area contributed by atoms with Gasteiger partial charge in [0.25, 0.3) is 0 Å². The third-order valence-corrected chi connectivity index (χ3v) is 3.89. The van der Waals surface area contributed by atoms with Gasteiger partial charge in [-0.2, -0.15) is 0 Å². The molecule has 0 amide bonds. The van der Waals surface area contributed by atoms with E-state index in [4.69, 9.17) is 4.74 Å². The average Bonchev–Trinajstić information content (AvgIpc) is 2.31. The van der Waals surface area contributed by atoms with Crippen molar-refractivity contribution in [3.8, 4) is 0 Å². The van der Waals surface area contributed by atoms with Crippen molar-refractivity contribution in [3.05, 3.63) is 12.2 Å². The van der Waals surface area contributed by atoms with Crippen LogP contribution in [0.5, 0.6) is 0 Å². The fourth-order valence-electron chi connectivity index (χ4n) is 2.46. The topological polar surface area (TPSA) is 26.3 Å². The summed E-state index contributed by atoms with van der Waals surface area (Å²) in [6.07, 6.45) is 9.93. The van der Waals surface area contributed by atoms with Gasteiger partial charge in [0.05, 0.1) is 0 Å². The maximum Gasteiger partial charge on any atom is 0.306 e. The molecule has 0 bridgehead atoms. The lowest BCUT2D eigenvalue weighted by Crippen LogP contribution is -2.22. The Labute approximate surface area is 112 Å². The molecule has 0 aromatic heterocycles. The van der Waals surface area contributed by atoms with Crippen LogP contribution in [-0.2, 0) is 9.53 Å². The SMILES string of the molecule is C=C1CCCCCCCCC(=O)O[C@@H](C)C(C)C1. The summed E-state index contributed by atoms with van der Waals surface area (Å²) in [4.78, 5) is 11.6. The van der Waals surface area contributed by atoms with E-state index in [0.29, 0.717) is 12.3 Å². The molecule has 1 aliphatic heterocycles. The van der Waals surface area contributed by atoms with Crippen LogP contribution >= 0.6 is 0 Å². The van der Waals surface area contributed by atoms with Gasteiger partial charge in [0.2, 0.25) is 0 Å². The Morgan fingerprint density at radius 2 is 1.56 bits per heavy atom. The molecule has 0 saturated carbocycles. The smallest absolute Gasteiger partial charge is 0.306 e. The highest BCUT2D eigenvalue weighted by Crippen LogP contribution is 2.22. The quantitative estimate of drug-likeness (QED) is 0.464. The number of carbonyl (C=O) groups is 1. The van der Waals surface area contributed by atoms with Crippen molar-refractivity contribution in [3.63, 3.8) is 0 Å². The predicted molar refractivity (Wildman–Crippen MR) is 75.4 cm³/mol. The summed E-state index contributed by atoms with van der Waals surface area (Å²) in [7, 11) is 0. The van der Waals surface area contributed by atoms with Crippen LogP contribution in [0.1, 0.15) is 71.6 Å². The summed E-state index contributed by atoms with van der Waals surface area (Å²) in [6, 6.07) is 0. The molecule has 1 unspecified atom stereocenters. The highest BCUT2D eigenvalue weighted by Gasteiger charge is 2.17. The molecule has 18 heavy (non-hydrogen) atoms. The van der Waals surface area contributed by atoms with Crippen LogP contribution in [0.4, 0.5) is 0 Å². The molecule has 1 fully saturated rings. The highest BCUT2D eigenvalue weighted by molar-refractivity contribution is 5.69. The van der Waals surface area contributed by atoms with Crippen molar-refractivity contribution in [2.24, 2.45) is 5.92 Å². The summed E-state index contributed by atoms with van der Waals surface area (Å²) < 4.78 is 5.48. The first-order valence-electron chi connectivity index (χ1n) is 7.45. The molecule has 0 N–H and O–H groups in total. The van der Waals surface area contributed by atoms with Crippen molar-refractivity contribution in [1.82, 2.24) is 0 Å². The second-order valence-corrected chi connectivity index (χ2v) is 5.75.